The van der Waals surface area contributed by atoms with Crippen LogP contribution in [0.5, 0.6) is 0 Å². The average molecular weight is 156 g/mol. The minimum atomic E-state index is -0.456. The molecular weight excluding hydrogens is 147 g/mol. The Kier molecular flexibility index (Phi) is 2.40. The number of hydrogen-bond donors (Lipinski definition) is 3. The zero-order valence-electron chi connectivity index (χ0n) is 5.84. The third-order valence-electron chi connectivity index (χ3n) is 1.43. The molecule has 0 aromatic heterocycles. The second-order valence-corrected chi connectivity index (χ2v) is 2.07. The van der Waals surface area contributed by atoms with Crippen molar-refractivity contribution in [2.24, 2.45) is 5.84 Å². The van der Waals surface area contributed by atoms with Crippen LogP contribution in [-0.2, 0) is 6.61 Å². The molecule has 1 aromatic rings. The van der Waals surface area contributed by atoms with Crippen LogP contribution in [0.25, 0.3) is 0 Å². The Morgan fingerprint density at radius 3 is 2.73 bits per heavy atom. The number of halogens is 1. The molecule has 1 aromatic carbocycles. The number of aliphatic hydroxyl groups excluding tert-OH is 1. The third-order valence-corrected chi connectivity index (χ3v) is 1.43. The Labute approximate surface area is 63.6 Å². The van der Waals surface area contributed by atoms with E-state index < -0.39 is 5.82 Å². The summed E-state index contributed by atoms with van der Waals surface area (Å²) in [4.78, 5) is 0. The molecular formula is C7H9FN2O. The molecule has 0 saturated heterocycles. The summed E-state index contributed by atoms with van der Waals surface area (Å²) in [7, 11) is 0. The fourth-order valence-electron chi connectivity index (χ4n) is 0.855. The van der Waals surface area contributed by atoms with Gasteiger partial charge in [-0.05, 0) is 12.1 Å². The van der Waals surface area contributed by atoms with Gasteiger partial charge in [-0.15, -0.1) is 0 Å². The number of rotatable bonds is 2. The van der Waals surface area contributed by atoms with E-state index in [4.69, 9.17) is 10.9 Å². The number of aliphatic hydroxyl groups is 1. The molecule has 3 nitrogen and oxygen atoms in total. The molecule has 0 aliphatic carbocycles. The molecule has 0 spiro atoms. The maximum absolute atomic E-state index is 12.8. The maximum atomic E-state index is 12.8. The number of hydrazine groups is 1. The van der Waals surface area contributed by atoms with Crippen LogP contribution >= 0.6 is 0 Å². The van der Waals surface area contributed by atoms with E-state index in [-0.39, 0.29) is 12.2 Å². The van der Waals surface area contributed by atoms with Crippen LogP contribution in [0, 0.1) is 5.82 Å². The van der Waals surface area contributed by atoms with Crippen LogP contribution in [0.15, 0.2) is 18.2 Å². The average Bonchev–Trinajstić information content (AvgIpc) is 2.04. The summed E-state index contributed by atoms with van der Waals surface area (Å²) in [5.74, 6) is 4.61. The number of nitrogen functional groups attached to an aromatic ring is 1. The number of benzene rings is 1. The summed E-state index contributed by atoms with van der Waals surface area (Å²) in [6, 6.07) is 4.38. The van der Waals surface area contributed by atoms with Gasteiger partial charge in [0.2, 0.25) is 0 Å². The van der Waals surface area contributed by atoms with Crippen LogP contribution in [0.1, 0.15) is 5.56 Å². The van der Waals surface area contributed by atoms with Gasteiger partial charge in [0, 0.05) is 5.56 Å². The molecule has 11 heavy (non-hydrogen) atoms. The number of nitrogens with one attached hydrogen (secondary N) is 1. The summed E-state index contributed by atoms with van der Waals surface area (Å²) in [5, 5.41) is 8.69. The van der Waals surface area contributed by atoms with Gasteiger partial charge in [0.05, 0.1) is 12.3 Å². The van der Waals surface area contributed by atoms with Gasteiger partial charge in [0.25, 0.3) is 0 Å². The number of hydrogen-bond acceptors (Lipinski definition) is 3. The first-order valence-electron chi connectivity index (χ1n) is 3.14. The molecule has 0 aliphatic heterocycles. The molecule has 0 heterocycles. The van der Waals surface area contributed by atoms with Crippen LogP contribution in [0.3, 0.4) is 0 Å². The standard InChI is InChI=1S/C7H9FN2O/c8-6-2-1-3-7(10-9)5(6)4-11/h1-3,10-11H,4,9H2. The predicted molar refractivity (Wildman–Crippen MR) is 40.1 cm³/mol. The Hall–Kier alpha value is -1.13. The highest BCUT2D eigenvalue weighted by Crippen LogP contribution is 2.16. The molecule has 4 N–H and O–H groups in total. The Bertz CT molecular complexity index is 252. The van der Waals surface area contributed by atoms with E-state index in [1.807, 2.05) is 0 Å². The lowest BCUT2D eigenvalue weighted by Crippen LogP contribution is -2.10. The van der Waals surface area contributed by atoms with Crippen molar-refractivity contribution < 1.29 is 9.50 Å². The zero-order valence-corrected chi connectivity index (χ0v) is 5.84. The van der Waals surface area contributed by atoms with Crippen molar-refractivity contribution in [3.05, 3.63) is 29.6 Å². The van der Waals surface area contributed by atoms with Crippen molar-refractivity contribution in [2.45, 2.75) is 6.61 Å². The van der Waals surface area contributed by atoms with E-state index in [9.17, 15) is 4.39 Å². The highest BCUT2D eigenvalue weighted by atomic mass is 19.1. The predicted octanol–water partition coefficient (Wildman–Crippen LogP) is 0.604. The second kappa shape index (κ2) is 3.32. The van der Waals surface area contributed by atoms with Crippen LogP contribution in [-0.4, -0.2) is 5.11 Å². The topological polar surface area (TPSA) is 58.3 Å². The van der Waals surface area contributed by atoms with Gasteiger partial charge in [-0.25, -0.2) is 4.39 Å². The summed E-state index contributed by atoms with van der Waals surface area (Å²) in [5.41, 5.74) is 2.89. The molecule has 0 atom stereocenters. The third kappa shape index (κ3) is 1.47. The summed E-state index contributed by atoms with van der Waals surface area (Å²) in [6.07, 6.45) is 0. The highest BCUT2D eigenvalue weighted by molar-refractivity contribution is 5.50. The molecule has 0 bridgehead atoms. The van der Waals surface area contributed by atoms with Gasteiger partial charge in [-0.1, -0.05) is 6.07 Å². The lowest BCUT2D eigenvalue weighted by atomic mass is 10.2. The first-order valence-corrected chi connectivity index (χ1v) is 3.14. The first-order chi connectivity index (χ1) is 5.29. The van der Waals surface area contributed by atoms with Crippen molar-refractivity contribution in [1.29, 1.82) is 0 Å². The summed E-state index contributed by atoms with van der Waals surface area (Å²) < 4.78 is 12.8. The molecule has 0 radical (unpaired) electrons. The van der Waals surface area contributed by atoms with E-state index in [0.29, 0.717) is 5.69 Å². The van der Waals surface area contributed by atoms with Crippen molar-refractivity contribution in [1.82, 2.24) is 0 Å². The van der Waals surface area contributed by atoms with Gasteiger partial charge < -0.3 is 10.5 Å². The van der Waals surface area contributed by atoms with Crippen molar-refractivity contribution in [3.8, 4) is 0 Å². The van der Waals surface area contributed by atoms with E-state index in [0.717, 1.165) is 0 Å². The normalized spacial score (nSPS) is 9.73. The fourth-order valence-corrected chi connectivity index (χ4v) is 0.855. The smallest absolute Gasteiger partial charge is 0.130 e. The minimum Gasteiger partial charge on any atom is -0.391 e. The van der Waals surface area contributed by atoms with Crippen LogP contribution < -0.4 is 11.3 Å². The monoisotopic (exact) mass is 156 g/mol. The lowest BCUT2D eigenvalue weighted by molar-refractivity contribution is 0.276. The molecule has 0 unspecified atom stereocenters. The first kappa shape index (κ1) is 7.97. The minimum absolute atomic E-state index is 0.190. The Morgan fingerprint density at radius 1 is 1.55 bits per heavy atom. The van der Waals surface area contributed by atoms with Crippen LogP contribution in [0.4, 0.5) is 10.1 Å². The number of anilines is 1. The van der Waals surface area contributed by atoms with Gasteiger partial charge in [0.1, 0.15) is 5.82 Å². The van der Waals surface area contributed by atoms with Crippen molar-refractivity contribution in [2.75, 3.05) is 5.43 Å². The van der Waals surface area contributed by atoms with Gasteiger partial charge >= 0.3 is 0 Å². The van der Waals surface area contributed by atoms with E-state index in [2.05, 4.69) is 5.43 Å². The highest BCUT2D eigenvalue weighted by Gasteiger charge is 2.04. The van der Waals surface area contributed by atoms with Crippen molar-refractivity contribution >= 4 is 5.69 Å². The van der Waals surface area contributed by atoms with Gasteiger partial charge in [0.15, 0.2) is 0 Å². The van der Waals surface area contributed by atoms with Gasteiger partial charge in [-0.2, -0.15) is 0 Å². The summed E-state index contributed by atoms with van der Waals surface area (Å²) in [6.45, 7) is -0.355. The van der Waals surface area contributed by atoms with E-state index >= 15 is 0 Å². The molecule has 60 valence electrons. The molecule has 0 aliphatic rings. The fraction of sp³-hybridized carbons (Fsp3) is 0.143. The zero-order chi connectivity index (χ0) is 8.27. The maximum Gasteiger partial charge on any atom is 0.130 e. The number of nitrogens with two attached hydrogens (primary N) is 1. The Morgan fingerprint density at radius 2 is 2.27 bits per heavy atom. The SMILES string of the molecule is NNc1cccc(F)c1CO. The van der Waals surface area contributed by atoms with Crippen LogP contribution in [0.2, 0.25) is 0 Å². The molecule has 0 amide bonds. The second-order valence-electron chi connectivity index (χ2n) is 2.07. The molecule has 0 fully saturated rings. The lowest BCUT2D eigenvalue weighted by Gasteiger charge is -2.05. The van der Waals surface area contributed by atoms with E-state index in [1.165, 1.54) is 12.1 Å². The summed E-state index contributed by atoms with van der Waals surface area (Å²) >= 11 is 0. The molecule has 0 saturated carbocycles. The van der Waals surface area contributed by atoms with Crippen molar-refractivity contribution in [3.63, 3.8) is 0 Å². The van der Waals surface area contributed by atoms with E-state index in [1.54, 1.807) is 6.07 Å². The molecule has 4 heteroatoms. The largest absolute Gasteiger partial charge is 0.391 e. The van der Waals surface area contributed by atoms with Gasteiger partial charge in [-0.3, -0.25) is 5.84 Å². The molecule has 1 rings (SSSR count). The quantitative estimate of drug-likeness (QED) is 0.434. The Balaban J connectivity index is 3.13.